The van der Waals surface area contributed by atoms with E-state index in [0.717, 1.165) is 6.42 Å². The van der Waals surface area contributed by atoms with Crippen LogP contribution in [-0.4, -0.2) is 6.21 Å². The summed E-state index contributed by atoms with van der Waals surface area (Å²) >= 11 is 0. The van der Waals surface area contributed by atoms with Crippen LogP contribution in [0.4, 0.5) is 0 Å². The number of nitrogens with zero attached hydrogens (tertiary/aromatic N) is 1. The van der Waals surface area contributed by atoms with Crippen molar-refractivity contribution in [1.82, 2.24) is 0 Å². The minimum atomic E-state index is 0.692. The van der Waals surface area contributed by atoms with E-state index in [4.69, 9.17) is 0 Å². The average Bonchev–Trinajstić information content (AvgIpc) is 1.97. The van der Waals surface area contributed by atoms with Gasteiger partial charge in [0.2, 0.25) is 0 Å². The summed E-state index contributed by atoms with van der Waals surface area (Å²) in [6, 6.07) is 0. The largest absolute Gasteiger partial charge is 0.265 e. The van der Waals surface area contributed by atoms with E-state index in [9.17, 15) is 0 Å². The van der Waals surface area contributed by atoms with E-state index in [-0.39, 0.29) is 0 Å². The summed E-state index contributed by atoms with van der Waals surface area (Å²) in [5, 5.41) is 0. The molecule has 0 saturated heterocycles. The van der Waals surface area contributed by atoms with Gasteiger partial charge in [0, 0.05) is 12.4 Å². The first-order valence-corrected chi connectivity index (χ1v) is 4.00. The predicted octanol–water partition coefficient (Wildman–Crippen LogP) is 3.19. The van der Waals surface area contributed by atoms with Crippen molar-refractivity contribution in [3.05, 3.63) is 24.4 Å². The van der Waals surface area contributed by atoms with Crippen molar-refractivity contribution in [3.63, 3.8) is 0 Å². The highest BCUT2D eigenvalue weighted by Crippen LogP contribution is 2.07. The molecule has 0 radical (unpaired) electrons. The van der Waals surface area contributed by atoms with E-state index in [1.807, 2.05) is 13.1 Å². The van der Waals surface area contributed by atoms with Gasteiger partial charge in [0.25, 0.3) is 0 Å². The lowest BCUT2D eigenvalue weighted by Crippen LogP contribution is -1.92. The first-order valence-electron chi connectivity index (χ1n) is 4.00. The van der Waals surface area contributed by atoms with Gasteiger partial charge in [-0.15, -0.1) is 0 Å². The van der Waals surface area contributed by atoms with Gasteiger partial charge in [-0.2, -0.15) is 0 Å². The quantitative estimate of drug-likeness (QED) is 0.547. The van der Waals surface area contributed by atoms with Crippen LogP contribution in [0.15, 0.2) is 29.4 Å². The van der Waals surface area contributed by atoms with E-state index >= 15 is 0 Å². The Morgan fingerprint density at radius 3 is 2.55 bits per heavy atom. The Bertz CT molecular complexity index is 164. The van der Waals surface area contributed by atoms with E-state index < -0.39 is 0 Å². The van der Waals surface area contributed by atoms with E-state index in [2.05, 4.69) is 31.5 Å². The Morgan fingerprint density at radius 1 is 1.55 bits per heavy atom. The molecule has 0 aliphatic rings. The highest BCUT2D eigenvalue weighted by molar-refractivity contribution is 5.78. The number of hydrogen-bond donors (Lipinski definition) is 0. The number of aliphatic imine (C=N–C) groups is 1. The SMILES string of the molecule is C=CN=C/C(=C\C)CC(C)C. The van der Waals surface area contributed by atoms with Gasteiger partial charge in [0.15, 0.2) is 0 Å². The maximum atomic E-state index is 3.97. The van der Waals surface area contributed by atoms with Gasteiger partial charge in [-0.05, 0) is 24.8 Å². The predicted molar refractivity (Wildman–Crippen MR) is 51.9 cm³/mol. The first-order chi connectivity index (χ1) is 5.20. The molecule has 11 heavy (non-hydrogen) atoms. The van der Waals surface area contributed by atoms with E-state index in [1.54, 1.807) is 6.20 Å². The molecule has 0 spiro atoms. The molecule has 0 atom stereocenters. The van der Waals surface area contributed by atoms with Crippen LogP contribution in [0.25, 0.3) is 0 Å². The van der Waals surface area contributed by atoms with Crippen molar-refractivity contribution >= 4 is 6.21 Å². The molecule has 62 valence electrons. The number of allylic oxidation sites excluding steroid dienone is 2. The van der Waals surface area contributed by atoms with Gasteiger partial charge in [0.05, 0.1) is 0 Å². The van der Waals surface area contributed by atoms with Crippen molar-refractivity contribution in [3.8, 4) is 0 Å². The topological polar surface area (TPSA) is 12.4 Å². The van der Waals surface area contributed by atoms with Crippen molar-refractivity contribution in [2.24, 2.45) is 10.9 Å². The van der Waals surface area contributed by atoms with E-state index in [0.29, 0.717) is 5.92 Å². The van der Waals surface area contributed by atoms with Gasteiger partial charge in [-0.3, -0.25) is 4.99 Å². The standard InChI is InChI=1S/C10H17N/c1-5-10(7-9(3)4)8-11-6-2/h5-6,8-9H,2,7H2,1,3-4H3/b10-5-,11-8?. The molecule has 0 saturated carbocycles. The van der Waals surface area contributed by atoms with Crippen molar-refractivity contribution in [2.75, 3.05) is 0 Å². The molecule has 0 aliphatic heterocycles. The van der Waals surface area contributed by atoms with Crippen molar-refractivity contribution < 1.29 is 0 Å². The third-order valence-corrected chi connectivity index (χ3v) is 1.36. The molecule has 0 aliphatic carbocycles. The fourth-order valence-electron chi connectivity index (χ4n) is 0.865. The number of hydrogen-bond acceptors (Lipinski definition) is 1. The Morgan fingerprint density at radius 2 is 2.18 bits per heavy atom. The van der Waals surface area contributed by atoms with Crippen LogP contribution in [0.1, 0.15) is 27.2 Å². The van der Waals surface area contributed by atoms with Gasteiger partial charge in [-0.1, -0.05) is 26.5 Å². The van der Waals surface area contributed by atoms with E-state index in [1.165, 1.54) is 5.57 Å². The molecule has 0 fully saturated rings. The van der Waals surface area contributed by atoms with Crippen LogP contribution in [0.3, 0.4) is 0 Å². The first kappa shape index (κ1) is 10.2. The maximum absolute atomic E-state index is 3.97. The Labute approximate surface area is 69.5 Å². The normalized spacial score (nSPS) is 12.9. The van der Waals surface area contributed by atoms with Crippen LogP contribution in [0, 0.1) is 5.92 Å². The maximum Gasteiger partial charge on any atom is 0.0296 e. The minimum Gasteiger partial charge on any atom is -0.265 e. The Balaban J connectivity index is 3.98. The molecule has 0 unspecified atom stereocenters. The highest BCUT2D eigenvalue weighted by Gasteiger charge is 1.95. The molecular weight excluding hydrogens is 134 g/mol. The highest BCUT2D eigenvalue weighted by atomic mass is 14.7. The lowest BCUT2D eigenvalue weighted by Gasteiger charge is -2.03. The average molecular weight is 151 g/mol. The molecule has 1 heteroatoms. The molecule has 0 aromatic heterocycles. The molecule has 0 N–H and O–H groups in total. The lowest BCUT2D eigenvalue weighted by molar-refractivity contribution is 0.654. The fourth-order valence-corrected chi connectivity index (χ4v) is 0.865. The summed E-state index contributed by atoms with van der Waals surface area (Å²) in [4.78, 5) is 3.97. The summed E-state index contributed by atoms with van der Waals surface area (Å²) in [6.45, 7) is 9.95. The number of rotatable bonds is 4. The molecule has 0 amide bonds. The molecule has 1 nitrogen and oxygen atoms in total. The minimum absolute atomic E-state index is 0.692. The molecule has 0 heterocycles. The molecule has 0 aromatic rings. The second-order valence-electron chi connectivity index (χ2n) is 2.92. The Kier molecular flexibility index (Phi) is 5.44. The third-order valence-electron chi connectivity index (χ3n) is 1.36. The smallest absolute Gasteiger partial charge is 0.0296 e. The summed E-state index contributed by atoms with van der Waals surface area (Å²) in [5.41, 5.74) is 1.28. The van der Waals surface area contributed by atoms with Crippen LogP contribution in [-0.2, 0) is 0 Å². The monoisotopic (exact) mass is 151 g/mol. The molecule has 0 rings (SSSR count). The lowest BCUT2D eigenvalue weighted by atomic mass is 10.0. The van der Waals surface area contributed by atoms with Gasteiger partial charge >= 0.3 is 0 Å². The van der Waals surface area contributed by atoms with Crippen molar-refractivity contribution in [1.29, 1.82) is 0 Å². The van der Waals surface area contributed by atoms with Gasteiger partial charge in [0.1, 0.15) is 0 Å². The zero-order chi connectivity index (χ0) is 8.69. The zero-order valence-corrected chi connectivity index (χ0v) is 7.67. The van der Waals surface area contributed by atoms with Crippen LogP contribution in [0.2, 0.25) is 0 Å². The van der Waals surface area contributed by atoms with Gasteiger partial charge in [-0.25, -0.2) is 0 Å². The van der Waals surface area contributed by atoms with Crippen LogP contribution >= 0.6 is 0 Å². The molecular formula is C10H17N. The summed E-state index contributed by atoms with van der Waals surface area (Å²) in [5.74, 6) is 0.692. The molecule has 0 aromatic carbocycles. The van der Waals surface area contributed by atoms with Crippen molar-refractivity contribution in [2.45, 2.75) is 27.2 Å². The van der Waals surface area contributed by atoms with Gasteiger partial charge < -0.3 is 0 Å². The summed E-state index contributed by atoms with van der Waals surface area (Å²) in [6.07, 6.45) is 6.61. The van der Waals surface area contributed by atoms with Crippen LogP contribution in [0.5, 0.6) is 0 Å². The second kappa shape index (κ2) is 5.90. The summed E-state index contributed by atoms with van der Waals surface area (Å²) in [7, 11) is 0. The second-order valence-corrected chi connectivity index (χ2v) is 2.92. The third kappa shape index (κ3) is 5.59. The fraction of sp³-hybridized carbons (Fsp3) is 0.500. The van der Waals surface area contributed by atoms with Crippen LogP contribution < -0.4 is 0 Å². The summed E-state index contributed by atoms with van der Waals surface area (Å²) < 4.78 is 0. The zero-order valence-electron chi connectivity index (χ0n) is 7.67. The molecule has 0 bridgehead atoms. The Hall–Kier alpha value is -0.850.